The first-order valence-corrected chi connectivity index (χ1v) is 6.71. The van der Waals surface area contributed by atoms with Crippen LogP contribution in [0.25, 0.3) is 0 Å². The van der Waals surface area contributed by atoms with Crippen molar-refractivity contribution in [1.82, 2.24) is 14.6 Å². The van der Waals surface area contributed by atoms with Crippen molar-refractivity contribution in [2.75, 3.05) is 0 Å². The molecule has 1 aromatic carbocycles. The van der Waals surface area contributed by atoms with Crippen LogP contribution in [-0.2, 0) is 0 Å². The van der Waals surface area contributed by atoms with Gasteiger partial charge in [-0.05, 0) is 26.0 Å². The molecular weight excluding hydrogens is 355 g/mol. The Morgan fingerprint density at radius 2 is 1.90 bits per heavy atom. The summed E-state index contributed by atoms with van der Waals surface area (Å²) in [4.78, 5) is 0. The van der Waals surface area contributed by atoms with Gasteiger partial charge in [-0.3, -0.25) is 5.01 Å². The molecule has 5 nitrogen and oxygen atoms in total. The maximum Gasteiger partial charge on any atom is 0.573 e. The van der Waals surface area contributed by atoms with Crippen molar-refractivity contribution in [3.05, 3.63) is 36.3 Å². The number of alkyl halides is 3. The Morgan fingerprint density at radius 1 is 1.24 bits per heavy atom. The molecule has 1 N–H and O–H groups in total. The van der Waals surface area contributed by atoms with Gasteiger partial charge >= 0.3 is 6.36 Å². The summed E-state index contributed by atoms with van der Waals surface area (Å²) < 4.78 is 47.5. The monoisotopic (exact) mass is 367 g/mol. The van der Waals surface area contributed by atoms with E-state index in [2.05, 4.69) is 26.4 Å². The van der Waals surface area contributed by atoms with Crippen molar-refractivity contribution in [2.45, 2.75) is 26.3 Å². The zero-order valence-electron chi connectivity index (χ0n) is 11.2. The number of hydrogen-bond acceptors (Lipinski definition) is 5. The predicted molar refractivity (Wildman–Crippen MR) is 72.7 cm³/mol. The summed E-state index contributed by atoms with van der Waals surface area (Å²) in [6.45, 7) is 3.86. The van der Waals surface area contributed by atoms with E-state index in [-0.39, 0.29) is 17.5 Å². The predicted octanol–water partition coefficient (Wildman–Crippen LogP) is 3.52. The quantitative estimate of drug-likeness (QED) is 0.824. The van der Waals surface area contributed by atoms with Crippen molar-refractivity contribution in [1.29, 1.82) is 0 Å². The van der Waals surface area contributed by atoms with Crippen LogP contribution in [0.1, 0.15) is 13.8 Å². The lowest BCUT2D eigenvalue weighted by molar-refractivity contribution is -0.274. The van der Waals surface area contributed by atoms with Gasteiger partial charge in [0.15, 0.2) is 0 Å². The van der Waals surface area contributed by atoms with Crippen molar-refractivity contribution >= 4 is 16.1 Å². The fourth-order valence-electron chi connectivity index (χ4n) is 1.64. The second-order valence-corrected chi connectivity index (χ2v) is 5.23. The van der Waals surface area contributed by atoms with Gasteiger partial charge < -0.3 is 9.47 Å². The molecule has 0 amide bonds. The number of nitrogens with zero attached hydrogens (tertiary/aromatic N) is 2. The van der Waals surface area contributed by atoms with E-state index in [1.54, 1.807) is 17.3 Å². The van der Waals surface area contributed by atoms with Gasteiger partial charge in [-0.15, -0.1) is 18.7 Å². The lowest BCUT2D eigenvalue weighted by atomic mass is 10.3. The fourth-order valence-corrected chi connectivity index (χ4v) is 1.99. The van der Waals surface area contributed by atoms with Crippen LogP contribution in [0.5, 0.6) is 11.5 Å². The number of halogens is 4. The van der Waals surface area contributed by atoms with Gasteiger partial charge in [0.2, 0.25) is 5.88 Å². The highest BCUT2D eigenvalue weighted by atomic mass is 79.9. The number of rotatable bonds is 4. The highest BCUT2D eigenvalue weighted by molar-refractivity contribution is 9.07. The van der Waals surface area contributed by atoms with Crippen LogP contribution in [0.4, 0.5) is 13.2 Å². The Hall–Kier alpha value is -1.61. The van der Waals surface area contributed by atoms with E-state index in [9.17, 15) is 13.2 Å². The Balaban J connectivity index is 2.12. The molecule has 0 fully saturated rings. The Bertz CT molecular complexity index is 537. The molecule has 2 rings (SSSR count). The molecule has 1 aromatic rings. The maximum atomic E-state index is 12.2. The van der Waals surface area contributed by atoms with Gasteiger partial charge in [-0.1, -0.05) is 6.07 Å². The molecule has 0 unspecified atom stereocenters. The molecule has 0 aromatic heterocycles. The van der Waals surface area contributed by atoms with Gasteiger partial charge in [0.1, 0.15) is 11.5 Å². The van der Waals surface area contributed by atoms with Crippen LogP contribution < -0.4 is 15.0 Å². The summed E-state index contributed by atoms with van der Waals surface area (Å²) >= 11 is 3.21. The third kappa shape index (κ3) is 4.43. The highest BCUT2D eigenvalue weighted by Gasteiger charge is 2.31. The van der Waals surface area contributed by atoms with E-state index < -0.39 is 6.36 Å². The molecule has 0 radical (unpaired) electrons. The molecule has 0 saturated heterocycles. The molecule has 1 aliphatic rings. The van der Waals surface area contributed by atoms with Gasteiger partial charge in [0.25, 0.3) is 0 Å². The largest absolute Gasteiger partial charge is 0.573 e. The van der Waals surface area contributed by atoms with Gasteiger partial charge in [0, 0.05) is 12.1 Å². The zero-order chi connectivity index (χ0) is 15.6. The second kappa shape index (κ2) is 6.02. The number of hydrogen-bond donors (Lipinski definition) is 1. The molecule has 9 heteroatoms. The molecule has 0 saturated carbocycles. The number of ether oxygens (including phenoxy) is 2. The Labute approximate surface area is 128 Å². The van der Waals surface area contributed by atoms with Gasteiger partial charge in [-0.25, -0.2) is 4.03 Å². The smallest absolute Gasteiger partial charge is 0.438 e. The number of benzene rings is 1. The number of nitrogens with one attached hydrogen (secondary N) is 1. The topological polar surface area (TPSA) is 37.0 Å². The van der Waals surface area contributed by atoms with Crippen LogP contribution in [0.2, 0.25) is 0 Å². The van der Waals surface area contributed by atoms with Crippen LogP contribution in [0.3, 0.4) is 0 Å². The second-order valence-electron chi connectivity index (χ2n) is 4.47. The lowest BCUT2D eigenvalue weighted by Crippen LogP contribution is -2.41. The third-order valence-corrected chi connectivity index (χ3v) is 2.81. The first-order chi connectivity index (χ1) is 9.74. The number of hydrazine groups is 2. The summed E-state index contributed by atoms with van der Waals surface area (Å²) in [5.41, 5.74) is 2.93. The third-order valence-electron chi connectivity index (χ3n) is 2.44. The minimum atomic E-state index is -4.73. The van der Waals surface area contributed by atoms with E-state index in [1.165, 1.54) is 22.2 Å². The summed E-state index contributed by atoms with van der Waals surface area (Å²) in [6.07, 6.45) is -3.12. The summed E-state index contributed by atoms with van der Waals surface area (Å²) in [5, 5.41) is 1.70. The molecule has 0 spiro atoms. The van der Waals surface area contributed by atoms with E-state index in [4.69, 9.17) is 4.74 Å². The first-order valence-electron chi connectivity index (χ1n) is 6.00. The van der Waals surface area contributed by atoms with E-state index in [0.29, 0.717) is 5.88 Å². The standard InChI is InChI=1S/C12H13BrF3N3O2/c1-8(2)19-11(7-18(13)17-19)20-9-4-3-5-10(6-9)21-12(14,15)16/h3-8,17H,1-2H3. The molecule has 1 aliphatic heterocycles. The maximum absolute atomic E-state index is 12.2. The Morgan fingerprint density at radius 3 is 2.52 bits per heavy atom. The average Bonchev–Trinajstić information content (AvgIpc) is 2.68. The minimum Gasteiger partial charge on any atom is -0.438 e. The van der Waals surface area contributed by atoms with Crippen molar-refractivity contribution in [3.8, 4) is 11.5 Å². The van der Waals surface area contributed by atoms with E-state index >= 15 is 0 Å². The van der Waals surface area contributed by atoms with Crippen molar-refractivity contribution in [3.63, 3.8) is 0 Å². The van der Waals surface area contributed by atoms with E-state index in [1.807, 2.05) is 13.8 Å². The Kier molecular flexibility index (Phi) is 4.52. The van der Waals surface area contributed by atoms with Gasteiger partial charge in [0.05, 0.1) is 22.3 Å². The van der Waals surface area contributed by atoms with Crippen molar-refractivity contribution in [2.24, 2.45) is 0 Å². The van der Waals surface area contributed by atoms with Crippen LogP contribution in [0.15, 0.2) is 36.3 Å². The summed E-state index contributed by atoms with van der Waals surface area (Å²) in [6, 6.07) is 5.42. The lowest BCUT2D eigenvalue weighted by Gasteiger charge is -2.25. The summed E-state index contributed by atoms with van der Waals surface area (Å²) in [7, 11) is 0. The molecule has 0 bridgehead atoms. The average molecular weight is 368 g/mol. The van der Waals surface area contributed by atoms with Crippen LogP contribution >= 0.6 is 16.1 Å². The molecule has 116 valence electrons. The minimum absolute atomic E-state index is 0.0772. The van der Waals surface area contributed by atoms with Gasteiger partial charge in [-0.2, -0.15) is 0 Å². The normalized spacial score (nSPS) is 15.5. The fraction of sp³-hybridized carbons (Fsp3) is 0.333. The molecular formula is C12H13BrF3N3O2. The zero-order valence-corrected chi connectivity index (χ0v) is 12.8. The van der Waals surface area contributed by atoms with E-state index in [0.717, 1.165) is 0 Å². The SMILES string of the molecule is CC(C)N1NN(Br)C=C1Oc1cccc(OC(F)(F)F)c1. The first kappa shape index (κ1) is 15.8. The molecule has 0 aliphatic carbocycles. The summed E-state index contributed by atoms with van der Waals surface area (Å²) in [5.74, 6) is 0.336. The van der Waals surface area contributed by atoms with Crippen LogP contribution in [-0.4, -0.2) is 21.4 Å². The van der Waals surface area contributed by atoms with Crippen molar-refractivity contribution < 1.29 is 22.6 Å². The molecule has 21 heavy (non-hydrogen) atoms. The van der Waals surface area contributed by atoms with Crippen LogP contribution in [0, 0.1) is 0 Å². The molecule has 1 heterocycles. The molecule has 0 atom stereocenters. The highest BCUT2D eigenvalue weighted by Crippen LogP contribution is 2.28.